The third kappa shape index (κ3) is 5.14. The van der Waals surface area contributed by atoms with Crippen molar-refractivity contribution in [3.63, 3.8) is 0 Å². The minimum atomic E-state index is -4.12. The van der Waals surface area contributed by atoms with Crippen LogP contribution >= 0.6 is 0 Å². The second kappa shape index (κ2) is 8.57. The zero-order chi connectivity index (χ0) is 21.3. The molecule has 2 aromatic rings. The molecule has 0 spiro atoms. The standard InChI is InChI=1S/C22H28F3N3O2/c1-14-13-19(15-3-4-15)28-11-9-18(20(28)26-14)21(29)27-16-5-7-17(8-6-16)30-12-2-10-22(23,24)25/h9,11,13,15-17H,2-8,10,12H2,1H3,(H,27,29). The first kappa shape index (κ1) is 21.2. The van der Waals surface area contributed by atoms with Crippen LogP contribution < -0.4 is 5.32 Å². The monoisotopic (exact) mass is 423 g/mol. The van der Waals surface area contributed by atoms with Crippen LogP contribution in [0.5, 0.6) is 0 Å². The topological polar surface area (TPSA) is 55.6 Å². The molecule has 5 nitrogen and oxygen atoms in total. The molecular weight excluding hydrogens is 395 g/mol. The molecule has 2 heterocycles. The molecule has 2 aromatic heterocycles. The van der Waals surface area contributed by atoms with E-state index < -0.39 is 12.6 Å². The first-order valence-corrected chi connectivity index (χ1v) is 10.8. The highest BCUT2D eigenvalue weighted by molar-refractivity contribution is 6.00. The van der Waals surface area contributed by atoms with Gasteiger partial charge in [-0.25, -0.2) is 4.98 Å². The first-order chi connectivity index (χ1) is 14.3. The van der Waals surface area contributed by atoms with Gasteiger partial charge in [-0.2, -0.15) is 13.2 Å². The van der Waals surface area contributed by atoms with Crippen molar-refractivity contribution in [2.24, 2.45) is 0 Å². The number of carbonyl (C=O) groups is 1. The van der Waals surface area contributed by atoms with E-state index in [1.165, 1.54) is 18.5 Å². The Balaban J connectivity index is 1.29. The summed E-state index contributed by atoms with van der Waals surface area (Å²) >= 11 is 0. The normalized spacial score (nSPS) is 22.4. The van der Waals surface area contributed by atoms with Gasteiger partial charge in [-0.3, -0.25) is 4.79 Å². The minimum Gasteiger partial charge on any atom is -0.378 e. The van der Waals surface area contributed by atoms with Gasteiger partial charge in [0.05, 0.1) is 11.7 Å². The Hall–Kier alpha value is -2.09. The van der Waals surface area contributed by atoms with Crippen LogP contribution in [0.4, 0.5) is 13.2 Å². The summed E-state index contributed by atoms with van der Waals surface area (Å²) in [5.41, 5.74) is 3.43. The SMILES string of the molecule is Cc1cc(C2CC2)n2ccc(C(=O)NC3CCC(OCCCC(F)(F)F)CC3)c2n1. The number of rotatable bonds is 7. The summed E-state index contributed by atoms with van der Waals surface area (Å²) in [6, 6.07) is 3.98. The number of fused-ring (bicyclic) bond motifs is 1. The van der Waals surface area contributed by atoms with Gasteiger partial charge in [-0.15, -0.1) is 0 Å². The van der Waals surface area contributed by atoms with E-state index in [4.69, 9.17) is 4.74 Å². The van der Waals surface area contributed by atoms with Crippen molar-refractivity contribution in [1.29, 1.82) is 0 Å². The van der Waals surface area contributed by atoms with Crippen LogP contribution in [0.1, 0.15) is 79.0 Å². The van der Waals surface area contributed by atoms with E-state index in [1.54, 1.807) is 0 Å². The average molecular weight is 423 g/mol. The van der Waals surface area contributed by atoms with Crippen LogP contribution in [-0.2, 0) is 4.74 Å². The lowest BCUT2D eigenvalue weighted by molar-refractivity contribution is -0.139. The lowest BCUT2D eigenvalue weighted by Gasteiger charge is -2.29. The van der Waals surface area contributed by atoms with Crippen molar-refractivity contribution >= 4 is 11.6 Å². The number of nitrogens with zero attached hydrogens (tertiary/aromatic N) is 2. The lowest BCUT2D eigenvalue weighted by Crippen LogP contribution is -2.39. The van der Waals surface area contributed by atoms with Crippen LogP contribution in [0.3, 0.4) is 0 Å². The second-order valence-electron chi connectivity index (χ2n) is 8.56. The Bertz CT molecular complexity index is 897. The molecule has 0 radical (unpaired) electrons. The molecule has 4 rings (SSSR count). The molecule has 0 bridgehead atoms. The van der Waals surface area contributed by atoms with E-state index in [-0.39, 0.29) is 31.1 Å². The number of hydrogen-bond acceptors (Lipinski definition) is 3. The number of carbonyl (C=O) groups excluding carboxylic acids is 1. The number of halogens is 3. The maximum Gasteiger partial charge on any atom is 0.389 e. The van der Waals surface area contributed by atoms with E-state index in [1.807, 2.05) is 23.6 Å². The summed E-state index contributed by atoms with van der Waals surface area (Å²) in [6.07, 6.45) is 2.36. The van der Waals surface area contributed by atoms with Gasteiger partial charge in [-0.05, 0) is 69.9 Å². The summed E-state index contributed by atoms with van der Waals surface area (Å²) in [5, 5.41) is 3.11. The Labute approximate surface area is 174 Å². The summed E-state index contributed by atoms with van der Waals surface area (Å²) in [7, 11) is 0. The number of nitrogens with one attached hydrogen (secondary N) is 1. The Morgan fingerprint density at radius 3 is 2.63 bits per heavy atom. The molecule has 0 aliphatic heterocycles. The van der Waals surface area contributed by atoms with E-state index in [2.05, 4.69) is 16.4 Å². The number of amides is 1. The van der Waals surface area contributed by atoms with Gasteiger partial charge in [0, 0.05) is 36.7 Å². The summed E-state index contributed by atoms with van der Waals surface area (Å²) < 4.78 is 44.2. The molecule has 1 amide bonds. The second-order valence-corrected chi connectivity index (χ2v) is 8.56. The van der Waals surface area contributed by atoms with Gasteiger partial charge < -0.3 is 14.5 Å². The smallest absolute Gasteiger partial charge is 0.378 e. The average Bonchev–Trinajstić information content (AvgIpc) is 3.44. The van der Waals surface area contributed by atoms with Gasteiger partial charge >= 0.3 is 6.18 Å². The molecule has 2 fully saturated rings. The molecular formula is C22H28F3N3O2. The van der Waals surface area contributed by atoms with Crippen LogP contribution in [0, 0.1) is 6.92 Å². The molecule has 2 aliphatic carbocycles. The predicted octanol–water partition coefficient (Wildman–Crippen LogP) is 4.92. The van der Waals surface area contributed by atoms with Crippen molar-refractivity contribution in [1.82, 2.24) is 14.7 Å². The Morgan fingerprint density at radius 2 is 1.97 bits per heavy atom. The van der Waals surface area contributed by atoms with Crippen LogP contribution in [0.25, 0.3) is 5.65 Å². The van der Waals surface area contributed by atoms with Gasteiger partial charge in [-0.1, -0.05) is 0 Å². The van der Waals surface area contributed by atoms with Crippen molar-refractivity contribution < 1.29 is 22.7 Å². The molecule has 0 aromatic carbocycles. The maximum atomic E-state index is 12.9. The van der Waals surface area contributed by atoms with Crippen molar-refractivity contribution in [3.05, 3.63) is 35.3 Å². The molecule has 1 N–H and O–H groups in total. The highest BCUT2D eigenvalue weighted by atomic mass is 19.4. The third-order valence-corrected chi connectivity index (χ3v) is 5.98. The highest BCUT2D eigenvalue weighted by Crippen LogP contribution is 2.40. The van der Waals surface area contributed by atoms with E-state index >= 15 is 0 Å². The van der Waals surface area contributed by atoms with Gasteiger partial charge in [0.25, 0.3) is 5.91 Å². The highest BCUT2D eigenvalue weighted by Gasteiger charge is 2.29. The van der Waals surface area contributed by atoms with Gasteiger partial charge in [0.2, 0.25) is 0 Å². The van der Waals surface area contributed by atoms with Gasteiger partial charge in [0.15, 0.2) is 0 Å². The molecule has 0 atom stereocenters. The molecule has 0 unspecified atom stereocenters. The molecule has 2 aliphatic rings. The zero-order valence-electron chi connectivity index (χ0n) is 17.2. The summed E-state index contributed by atoms with van der Waals surface area (Å²) in [5.74, 6) is 0.441. The van der Waals surface area contributed by atoms with Crippen molar-refractivity contribution in [2.45, 2.75) is 82.5 Å². The third-order valence-electron chi connectivity index (χ3n) is 5.98. The quantitative estimate of drug-likeness (QED) is 0.643. The number of aryl methyl sites for hydroxylation is 1. The number of alkyl halides is 3. The predicted molar refractivity (Wildman–Crippen MR) is 107 cm³/mol. The fourth-order valence-corrected chi connectivity index (χ4v) is 4.26. The minimum absolute atomic E-state index is 0.00282. The Kier molecular flexibility index (Phi) is 6.04. The maximum absolute atomic E-state index is 12.9. The van der Waals surface area contributed by atoms with Gasteiger partial charge in [0.1, 0.15) is 5.65 Å². The van der Waals surface area contributed by atoms with Crippen LogP contribution in [0.2, 0.25) is 0 Å². The van der Waals surface area contributed by atoms with Crippen molar-refractivity contribution in [3.8, 4) is 0 Å². The summed E-state index contributed by atoms with van der Waals surface area (Å²) in [6.45, 7) is 2.09. The molecule has 30 heavy (non-hydrogen) atoms. The van der Waals surface area contributed by atoms with Crippen molar-refractivity contribution in [2.75, 3.05) is 6.61 Å². The van der Waals surface area contributed by atoms with Crippen LogP contribution in [0.15, 0.2) is 18.3 Å². The number of ether oxygens (including phenoxy) is 1. The first-order valence-electron chi connectivity index (χ1n) is 10.8. The summed E-state index contributed by atoms with van der Waals surface area (Å²) in [4.78, 5) is 17.5. The number of aromatic nitrogens is 2. The van der Waals surface area contributed by atoms with Crippen LogP contribution in [-0.4, -0.2) is 40.2 Å². The molecule has 164 valence electrons. The zero-order valence-corrected chi connectivity index (χ0v) is 17.2. The largest absolute Gasteiger partial charge is 0.389 e. The molecule has 8 heteroatoms. The molecule has 2 saturated carbocycles. The number of hydrogen-bond donors (Lipinski definition) is 1. The fourth-order valence-electron chi connectivity index (χ4n) is 4.26. The molecule has 0 saturated heterocycles. The van der Waals surface area contributed by atoms with E-state index in [0.717, 1.165) is 31.4 Å². The Morgan fingerprint density at radius 1 is 1.23 bits per heavy atom. The van der Waals surface area contributed by atoms with E-state index in [0.29, 0.717) is 17.1 Å². The fraction of sp³-hybridized carbons (Fsp3) is 0.636. The lowest BCUT2D eigenvalue weighted by atomic mass is 9.92. The van der Waals surface area contributed by atoms with E-state index in [9.17, 15) is 18.0 Å².